The van der Waals surface area contributed by atoms with Crippen molar-refractivity contribution in [1.82, 2.24) is 10.2 Å². The van der Waals surface area contributed by atoms with Crippen LogP contribution in [0.4, 0.5) is 0 Å². The lowest BCUT2D eigenvalue weighted by atomic mass is 9.81. The first-order valence-electron chi connectivity index (χ1n) is 8.23. The van der Waals surface area contributed by atoms with Gasteiger partial charge in [0.15, 0.2) is 0 Å². The van der Waals surface area contributed by atoms with Crippen LogP contribution in [0.1, 0.15) is 58.8 Å². The molecule has 3 nitrogen and oxygen atoms in total. The molecule has 1 N–H and O–H groups in total. The fraction of sp³-hybridized carbons (Fsp3) is 0.938. The van der Waals surface area contributed by atoms with Crippen molar-refractivity contribution < 1.29 is 4.79 Å². The van der Waals surface area contributed by atoms with E-state index in [2.05, 4.69) is 24.1 Å². The van der Waals surface area contributed by atoms with Crippen molar-refractivity contribution in [3.05, 3.63) is 0 Å². The van der Waals surface area contributed by atoms with Crippen LogP contribution in [0.3, 0.4) is 0 Å². The highest BCUT2D eigenvalue weighted by Gasteiger charge is 2.31. The van der Waals surface area contributed by atoms with Gasteiger partial charge in [0.1, 0.15) is 0 Å². The Morgan fingerprint density at radius 1 is 1.32 bits per heavy atom. The van der Waals surface area contributed by atoms with Crippen molar-refractivity contribution in [2.75, 3.05) is 19.6 Å². The smallest absolute Gasteiger partial charge is 0.239 e. The second kappa shape index (κ2) is 7.28. The first-order chi connectivity index (χ1) is 9.20. The molecule has 0 aromatic heterocycles. The van der Waals surface area contributed by atoms with E-state index in [1.807, 2.05) is 0 Å². The van der Waals surface area contributed by atoms with Crippen LogP contribution in [0.2, 0.25) is 0 Å². The van der Waals surface area contributed by atoms with E-state index in [0.29, 0.717) is 5.91 Å². The van der Waals surface area contributed by atoms with Gasteiger partial charge in [0.05, 0.1) is 6.04 Å². The van der Waals surface area contributed by atoms with E-state index < -0.39 is 0 Å². The maximum Gasteiger partial charge on any atom is 0.239 e. The minimum Gasteiger partial charge on any atom is -0.341 e. The molecule has 1 amide bonds. The van der Waals surface area contributed by atoms with Crippen molar-refractivity contribution in [1.29, 1.82) is 0 Å². The lowest BCUT2D eigenvalue weighted by Crippen LogP contribution is -2.39. The SMILES string of the molecule is CCCNC1CCN(CCC2CCCC(C)C2)C1=O. The van der Waals surface area contributed by atoms with Gasteiger partial charge in [-0.3, -0.25) is 4.79 Å². The zero-order valence-electron chi connectivity index (χ0n) is 12.7. The van der Waals surface area contributed by atoms with Crippen molar-refractivity contribution >= 4 is 5.91 Å². The number of likely N-dealkylation sites (tertiary alicyclic amines) is 1. The van der Waals surface area contributed by atoms with Crippen LogP contribution in [-0.2, 0) is 4.79 Å². The summed E-state index contributed by atoms with van der Waals surface area (Å²) in [5.74, 6) is 2.10. The summed E-state index contributed by atoms with van der Waals surface area (Å²) in [5, 5.41) is 3.36. The summed E-state index contributed by atoms with van der Waals surface area (Å²) in [7, 11) is 0. The largest absolute Gasteiger partial charge is 0.341 e. The minimum atomic E-state index is 0.102. The number of carbonyl (C=O) groups excluding carboxylic acids is 1. The third-order valence-electron chi connectivity index (χ3n) is 4.79. The zero-order valence-corrected chi connectivity index (χ0v) is 12.7. The number of amides is 1. The van der Waals surface area contributed by atoms with Gasteiger partial charge in [0.25, 0.3) is 0 Å². The van der Waals surface area contributed by atoms with E-state index in [1.165, 1.54) is 32.1 Å². The summed E-state index contributed by atoms with van der Waals surface area (Å²) in [6.45, 7) is 7.43. The summed E-state index contributed by atoms with van der Waals surface area (Å²) in [4.78, 5) is 14.3. The van der Waals surface area contributed by atoms with Gasteiger partial charge in [-0.25, -0.2) is 0 Å². The molecule has 1 saturated carbocycles. The molecule has 110 valence electrons. The molecule has 1 aliphatic carbocycles. The number of hydrogen-bond acceptors (Lipinski definition) is 2. The van der Waals surface area contributed by atoms with Crippen LogP contribution in [0.25, 0.3) is 0 Å². The van der Waals surface area contributed by atoms with E-state index in [9.17, 15) is 4.79 Å². The Morgan fingerprint density at radius 2 is 2.16 bits per heavy atom. The molecule has 3 atom stereocenters. The molecule has 0 bridgehead atoms. The highest BCUT2D eigenvalue weighted by Crippen LogP contribution is 2.31. The van der Waals surface area contributed by atoms with Gasteiger partial charge in [-0.15, -0.1) is 0 Å². The molecule has 1 aliphatic heterocycles. The molecule has 3 heteroatoms. The number of hydrogen-bond donors (Lipinski definition) is 1. The van der Waals surface area contributed by atoms with Crippen LogP contribution >= 0.6 is 0 Å². The lowest BCUT2D eigenvalue weighted by Gasteiger charge is -2.28. The fourth-order valence-corrected chi connectivity index (χ4v) is 3.63. The monoisotopic (exact) mass is 266 g/mol. The first-order valence-corrected chi connectivity index (χ1v) is 8.23. The molecule has 3 unspecified atom stereocenters. The van der Waals surface area contributed by atoms with Gasteiger partial charge in [-0.2, -0.15) is 0 Å². The lowest BCUT2D eigenvalue weighted by molar-refractivity contribution is -0.129. The number of nitrogens with one attached hydrogen (secondary N) is 1. The van der Waals surface area contributed by atoms with Crippen LogP contribution in [0.15, 0.2) is 0 Å². The summed E-state index contributed by atoms with van der Waals surface area (Å²) in [5.41, 5.74) is 0. The molecule has 0 aromatic carbocycles. The summed E-state index contributed by atoms with van der Waals surface area (Å²) in [6, 6.07) is 0.102. The number of rotatable bonds is 6. The number of carbonyl (C=O) groups is 1. The summed E-state index contributed by atoms with van der Waals surface area (Å²) < 4.78 is 0. The Labute approximate surface area is 118 Å². The number of nitrogens with zero attached hydrogens (tertiary/aromatic N) is 1. The molecule has 19 heavy (non-hydrogen) atoms. The molecule has 2 aliphatic rings. The average Bonchev–Trinajstić information content (AvgIpc) is 2.75. The van der Waals surface area contributed by atoms with Crippen molar-refractivity contribution in [3.8, 4) is 0 Å². The van der Waals surface area contributed by atoms with Gasteiger partial charge in [0, 0.05) is 13.1 Å². The van der Waals surface area contributed by atoms with E-state index in [4.69, 9.17) is 0 Å². The van der Waals surface area contributed by atoms with Gasteiger partial charge in [-0.1, -0.05) is 33.1 Å². The molecule has 2 fully saturated rings. The topological polar surface area (TPSA) is 32.3 Å². The Morgan fingerprint density at radius 3 is 2.89 bits per heavy atom. The quantitative estimate of drug-likeness (QED) is 0.802. The van der Waals surface area contributed by atoms with E-state index in [0.717, 1.165) is 44.3 Å². The second-order valence-corrected chi connectivity index (χ2v) is 6.55. The van der Waals surface area contributed by atoms with E-state index in [-0.39, 0.29) is 6.04 Å². The molecule has 0 spiro atoms. The molecule has 0 radical (unpaired) electrons. The Hall–Kier alpha value is -0.570. The molecule has 1 saturated heterocycles. The van der Waals surface area contributed by atoms with E-state index >= 15 is 0 Å². The highest BCUT2D eigenvalue weighted by atomic mass is 16.2. The predicted molar refractivity (Wildman–Crippen MR) is 79.0 cm³/mol. The standard InChI is InChI=1S/C16H30N2O/c1-3-9-17-15-8-11-18(16(15)19)10-7-14-6-4-5-13(2)12-14/h13-15,17H,3-12H2,1-2H3. The third-order valence-corrected chi connectivity index (χ3v) is 4.79. The van der Waals surface area contributed by atoms with Gasteiger partial charge in [-0.05, 0) is 44.1 Å². The Balaban J connectivity index is 1.70. The molecular weight excluding hydrogens is 236 g/mol. The maximum atomic E-state index is 12.2. The second-order valence-electron chi connectivity index (χ2n) is 6.55. The summed E-state index contributed by atoms with van der Waals surface area (Å²) in [6.07, 6.45) is 8.87. The van der Waals surface area contributed by atoms with Crippen LogP contribution in [0.5, 0.6) is 0 Å². The predicted octanol–water partition coefficient (Wildman–Crippen LogP) is 2.80. The first kappa shape index (κ1) is 14.8. The van der Waals surface area contributed by atoms with E-state index in [1.54, 1.807) is 0 Å². The van der Waals surface area contributed by atoms with Gasteiger partial charge < -0.3 is 10.2 Å². The minimum absolute atomic E-state index is 0.102. The summed E-state index contributed by atoms with van der Waals surface area (Å²) >= 11 is 0. The molecular formula is C16H30N2O. The Bertz CT molecular complexity index is 292. The van der Waals surface area contributed by atoms with Gasteiger partial charge >= 0.3 is 0 Å². The van der Waals surface area contributed by atoms with Crippen LogP contribution in [0, 0.1) is 11.8 Å². The van der Waals surface area contributed by atoms with Crippen molar-refractivity contribution in [2.24, 2.45) is 11.8 Å². The molecule has 2 rings (SSSR count). The third kappa shape index (κ3) is 4.20. The van der Waals surface area contributed by atoms with Crippen LogP contribution in [-0.4, -0.2) is 36.5 Å². The van der Waals surface area contributed by atoms with Crippen molar-refractivity contribution in [3.63, 3.8) is 0 Å². The highest BCUT2D eigenvalue weighted by molar-refractivity contribution is 5.83. The normalized spacial score (nSPS) is 32.0. The molecule has 0 aromatic rings. The Kier molecular flexibility index (Phi) is 5.68. The van der Waals surface area contributed by atoms with Crippen LogP contribution < -0.4 is 5.32 Å². The average molecular weight is 266 g/mol. The van der Waals surface area contributed by atoms with Crippen molar-refractivity contribution in [2.45, 2.75) is 64.8 Å². The van der Waals surface area contributed by atoms with Gasteiger partial charge in [0.2, 0.25) is 5.91 Å². The fourth-order valence-electron chi connectivity index (χ4n) is 3.63. The zero-order chi connectivity index (χ0) is 13.7. The maximum absolute atomic E-state index is 12.2. The molecule has 1 heterocycles.